The van der Waals surface area contributed by atoms with Gasteiger partial charge in [0.2, 0.25) is 5.91 Å². The lowest BCUT2D eigenvalue weighted by Gasteiger charge is -2.10. The number of carbonyl (C=O) groups is 1. The lowest BCUT2D eigenvalue weighted by Crippen LogP contribution is -2.33. The van der Waals surface area contributed by atoms with E-state index in [0.29, 0.717) is 24.0 Å². The van der Waals surface area contributed by atoms with E-state index in [-0.39, 0.29) is 5.91 Å². The summed E-state index contributed by atoms with van der Waals surface area (Å²) in [6, 6.07) is 6.06. The van der Waals surface area contributed by atoms with Crippen molar-refractivity contribution in [2.75, 3.05) is 14.2 Å². The van der Waals surface area contributed by atoms with Crippen molar-refractivity contribution in [3.8, 4) is 22.1 Å². The molecule has 0 spiro atoms. The molecule has 3 rings (SSSR count). The third-order valence-electron chi connectivity index (χ3n) is 4.24. The molecule has 1 amide bonds. The minimum atomic E-state index is 0.0612. The van der Waals surface area contributed by atoms with E-state index in [1.807, 2.05) is 23.6 Å². The molecular weight excluding hydrogens is 324 g/mol. The third kappa shape index (κ3) is 3.87. The summed E-state index contributed by atoms with van der Waals surface area (Å²) < 4.78 is 10.6. The average Bonchev–Trinajstić information content (AvgIpc) is 3.26. The van der Waals surface area contributed by atoms with Gasteiger partial charge in [-0.05, 0) is 31.0 Å². The summed E-state index contributed by atoms with van der Waals surface area (Å²) in [5.74, 6) is 1.42. The van der Waals surface area contributed by atoms with Gasteiger partial charge in [-0.1, -0.05) is 12.8 Å². The highest BCUT2D eigenvalue weighted by atomic mass is 32.1. The standard InChI is InChI=1S/C18H22N2O3S/c1-22-15-8-7-12(9-16(15)23-2)18-20-14(11-24-18)10-17(21)19-13-5-3-4-6-13/h7-9,11,13H,3-6,10H2,1-2H3,(H,19,21). The molecule has 2 aromatic rings. The second kappa shape index (κ2) is 7.66. The van der Waals surface area contributed by atoms with Crippen LogP contribution in [0.1, 0.15) is 31.4 Å². The van der Waals surface area contributed by atoms with Gasteiger partial charge in [-0.15, -0.1) is 11.3 Å². The van der Waals surface area contributed by atoms with Crippen molar-refractivity contribution < 1.29 is 14.3 Å². The number of amides is 1. The predicted octanol–water partition coefficient (Wildman–Crippen LogP) is 3.43. The summed E-state index contributed by atoms with van der Waals surface area (Å²) >= 11 is 1.53. The summed E-state index contributed by atoms with van der Waals surface area (Å²) in [4.78, 5) is 16.7. The molecule has 1 aliphatic carbocycles. The Labute approximate surface area is 146 Å². The molecule has 5 nitrogen and oxygen atoms in total. The zero-order chi connectivity index (χ0) is 16.9. The quantitative estimate of drug-likeness (QED) is 0.870. The van der Waals surface area contributed by atoms with Crippen LogP contribution >= 0.6 is 11.3 Å². The molecule has 1 aliphatic rings. The van der Waals surface area contributed by atoms with Crippen LogP contribution in [0.4, 0.5) is 0 Å². The first kappa shape index (κ1) is 16.8. The summed E-state index contributed by atoms with van der Waals surface area (Å²) in [6.07, 6.45) is 4.95. The number of rotatable bonds is 6. The number of hydrogen-bond acceptors (Lipinski definition) is 5. The fourth-order valence-corrected chi connectivity index (χ4v) is 3.82. The number of nitrogens with zero attached hydrogens (tertiary/aromatic N) is 1. The lowest BCUT2D eigenvalue weighted by atomic mass is 10.2. The largest absolute Gasteiger partial charge is 0.493 e. The van der Waals surface area contributed by atoms with Crippen molar-refractivity contribution in [3.05, 3.63) is 29.3 Å². The van der Waals surface area contributed by atoms with Crippen molar-refractivity contribution in [1.82, 2.24) is 10.3 Å². The number of aromatic nitrogens is 1. The Morgan fingerprint density at radius 3 is 2.71 bits per heavy atom. The lowest BCUT2D eigenvalue weighted by molar-refractivity contribution is -0.121. The maximum atomic E-state index is 12.1. The smallest absolute Gasteiger partial charge is 0.226 e. The molecule has 1 aromatic heterocycles. The van der Waals surface area contributed by atoms with Crippen molar-refractivity contribution in [1.29, 1.82) is 0 Å². The van der Waals surface area contributed by atoms with Crippen molar-refractivity contribution in [3.63, 3.8) is 0 Å². The van der Waals surface area contributed by atoms with Gasteiger partial charge in [0.25, 0.3) is 0 Å². The van der Waals surface area contributed by atoms with Crippen LogP contribution in [0.25, 0.3) is 10.6 Å². The van der Waals surface area contributed by atoms with Crippen LogP contribution in [0.3, 0.4) is 0 Å². The van der Waals surface area contributed by atoms with Crippen LogP contribution in [0.2, 0.25) is 0 Å². The third-order valence-corrected chi connectivity index (χ3v) is 5.18. The SMILES string of the molecule is COc1ccc(-c2nc(CC(=O)NC3CCCC3)cs2)cc1OC. The zero-order valence-electron chi connectivity index (χ0n) is 14.0. The molecule has 128 valence electrons. The Hall–Kier alpha value is -2.08. The highest BCUT2D eigenvalue weighted by Crippen LogP contribution is 2.33. The molecule has 1 aromatic carbocycles. The Kier molecular flexibility index (Phi) is 5.35. The number of thiazole rings is 1. The van der Waals surface area contributed by atoms with Gasteiger partial charge in [0.15, 0.2) is 11.5 Å². The first-order chi connectivity index (χ1) is 11.7. The average molecular weight is 346 g/mol. The molecule has 0 unspecified atom stereocenters. The Morgan fingerprint density at radius 1 is 1.25 bits per heavy atom. The number of nitrogens with one attached hydrogen (secondary N) is 1. The topological polar surface area (TPSA) is 60.5 Å². The van der Waals surface area contributed by atoms with Gasteiger partial charge in [-0.25, -0.2) is 4.98 Å². The molecule has 0 bridgehead atoms. The number of benzene rings is 1. The van der Waals surface area contributed by atoms with Crippen LogP contribution in [-0.4, -0.2) is 31.2 Å². The van der Waals surface area contributed by atoms with Crippen LogP contribution < -0.4 is 14.8 Å². The van der Waals surface area contributed by atoms with E-state index in [0.717, 1.165) is 29.1 Å². The van der Waals surface area contributed by atoms with Gasteiger partial charge in [0.05, 0.1) is 26.3 Å². The monoisotopic (exact) mass is 346 g/mol. The van der Waals surface area contributed by atoms with Crippen molar-refractivity contribution in [2.24, 2.45) is 0 Å². The fraction of sp³-hybridized carbons (Fsp3) is 0.444. The Balaban J connectivity index is 1.67. The summed E-state index contributed by atoms with van der Waals surface area (Å²) in [5, 5.41) is 5.92. The molecule has 0 radical (unpaired) electrons. The van der Waals surface area contributed by atoms with Gasteiger partial charge in [-0.2, -0.15) is 0 Å². The maximum Gasteiger partial charge on any atom is 0.226 e. The minimum absolute atomic E-state index is 0.0612. The number of carbonyl (C=O) groups excluding carboxylic acids is 1. The van der Waals surface area contributed by atoms with Gasteiger partial charge in [-0.3, -0.25) is 4.79 Å². The fourth-order valence-electron chi connectivity index (χ4n) is 3.00. The number of ether oxygens (including phenoxy) is 2. The van der Waals surface area contributed by atoms with Crippen LogP contribution in [0.5, 0.6) is 11.5 Å². The molecule has 1 saturated carbocycles. The van der Waals surface area contributed by atoms with Gasteiger partial charge in [0, 0.05) is 17.0 Å². The summed E-state index contributed by atoms with van der Waals surface area (Å²) in [5.41, 5.74) is 1.76. The Bertz CT molecular complexity index is 708. The zero-order valence-corrected chi connectivity index (χ0v) is 14.8. The highest BCUT2D eigenvalue weighted by molar-refractivity contribution is 7.13. The molecule has 0 saturated heterocycles. The van der Waals surface area contributed by atoms with Crippen molar-refractivity contribution in [2.45, 2.75) is 38.1 Å². The van der Waals surface area contributed by atoms with Gasteiger partial charge >= 0.3 is 0 Å². The first-order valence-corrected chi connectivity index (χ1v) is 9.03. The molecular formula is C18H22N2O3S. The van der Waals surface area contributed by atoms with E-state index < -0.39 is 0 Å². The summed E-state index contributed by atoms with van der Waals surface area (Å²) in [6.45, 7) is 0. The van der Waals surface area contributed by atoms with E-state index in [2.05, 4.69) is 10.3 Å². The molecule has 1 N–H and O–H groups in total. The Morgan fingerprint density at radius 2 is 2.00 bits per heavy atom. The van der Waals surface area contributed by atoms with Crippen LogP contribution in [-0.2, 0) is 11.2 Å². The molecule has 1 fully saturated rings. The van der Waals surface area contributed by atoms with Crippen LogP contribution in [0, 0.1) is 0 Å². The van der Waals surface area contributed by atoms with Gasteiger partial charge in [0.1, 0.15) is 5.01 Å². The first-order valence-electron chi connectivity index (χ1n) is 8.15. The second-order valence-corrected chi connectivity index (χ2v) is 6.80. The van der Waals surface area contributed by atoms with E-state index >= 15 is 0 Å². The van der Waals surface area contributed by atoms with E-state index in [9.17, 15) is 4.79 Å². The molecule has 1 heterocycles. The maximum absolute atomic E-state index is 12.1. The highest BCUT2D eigenvalue weighted by Gasteiger charge is 2.18. The molecule has 0 aliphatic heterocycles. The second-order valence-electron chi connectivity index (χ2n) is 5.94. The van der Waals surface area contributed by atoms with E-state index in [1.165, 1.54) is 24.2 Å². The molecule has 0 atom stereocenters. The van der Waals surface area contributed by atoms with Gasteiger partial charge < -0.3 is 14.8 Å². The number of methoxy groups -OCH3 is 2. The van der Waals surface area contributed by atoms with E-state index in [1.54, 1.807) is 14.2 Å². The summed E-state index contributed by atoms with van der Waals surface area (Å²) in [7, 11) is 3.23. The predicted molar refractivity (Wildman–Crippen MR) is 94.8 cm³/mol. The van der Waals surface area contributed by atoms with E-state index in [4.69, 9.17) is 9.47 Å². The minimum Gasteiger partial charge on any atom is -0.493 e. The normalized spacial score (nSPS) is 14.6. The van der Waals surface area contributed by atoms with Crippen molar-refractivity contribution >= 4 is 17.2 Å². The molecule has 24 heavy (non-hydrogen) atoms. The number of hydrogen-bond donors (Lipinski definition) is 1. The molecule has 6 heteroatoms. The van der Waals surface area contributed by atoms with Crippen LogP contribution in [0.15, 0.2) is 23.6 Å².